The second-order valence-electron chi connectivity index (χ2n) is 8.28. The van der Waals surface area contributed by atoms with Crippen molar-refractivity contribution in [3.05, 3.63) is 107 Å². The van der Waals surface area contributed by atoms with Crippen LogP contribution in [0.3, 0.4) is 0 Å². The number of nitrogens with zero attached hydrogens (tertiary/aromatic N) is 1. The molecule has 0 spiro atoms. The first kappa shape index (κ1) is 28.8. The van der Waals surface area contributed by atoms with E-state index in [-0.39, 0.29) is 29.2 Å². The van der Waals surface area contributed by atoms with Crippen LogP contribution in [-0.2, 0) is 0 Å². The minimum Gasteiger partial charge on any atom is -0.508 e. The summed E-state index contributed by atoms with van der Waals surface area (Å²) in [6.45, 7) is 7.97. The van der Waals surface area contributed by atoms with Crippen molar-refractivity contribution in [2.75, 3.05) is 4.90 Å². The topological polar surface area (TPSA) is 40.5 Å². The third kappa shape index (κ3) is 8.04. The summed E-state index contributed by atoms with van der Waals surface area (Å²) in [5.41, 5.74) is 4.05. The van der Waals surface area contributed by atoms with Gasteiger partial charge in [-0.1, -0.05) is 58.7 Å². The molecule has 1 N–H and O–H groups in total. The van der Waals surface area contributed by atoms with Crippen molar-refractivity contribution in [3.63, 3.8) is 0 Å². The molecule has 0 saturated carbocycles. The molecule has 5 heteroatoms. The lowest BCUT2D eigenvalue weighted by atomic mass is 9.89. The number of halogens is 2. The molecule has 1 aliphatic rings. The number of unbranched alkanes of at least 4 members (excludes halogenated alkanes) is 2. The van der Waals surface area contributed by atoms with Crippen molar-refractivity contribution in [2.24, 2.45) is 0 Å². The highest BCUT2D eigenvalue weighted by Crippen LogP contribution is 2.45. The molecule has 192 valence electrons. The number of aromatic hydroxyl groups is 1. The first-order chi connectivity index (χ1) is 17.4. The number of carbonyl (C=O) groups excluding carboxylic acids is 1. The van der Waals surface area contributed by atoms with Gasteiger partial charge < -0.3 is 10.0 Å². The number of anilines is 1. The number of hydrogen-bond donors (Lipinski definition) is 1. The Bertz CT molecular complexity index is 1090. The van der Waals surface area contributed by atoms with E-state index in [4.69, 9.17) is 0 Å². The van der Waals surface area contributed by atoms with Gasteiger partial charge in [-0.2, -0.15) is 0 Å². The largest absolute Gasteiger partial charge is 0.508 e. The molecule has 1 saturated heterocycles. The van der Waals surface area contributed by atoms with Crippen LogP contribution in [0.15, 0.2) is 84.6 Å². The number of phenolic OH excluding ortho intramolecular Hbond substituents is 1. The first-order valence-electron chi connectivity index (χ1n) is 12.7. The molecule has 0 aliphatic carbocycles. The highest BCUT2D eigenvalue weighted by atomic mass is 19.1. The van der Waals surface area contributed by atoms with Crippen LogP contribution in [0.1, 0.15) is 81.8 Å². The van der Waals surface area contributed by atoms with E-state index in [0.717, 1.165) is 18.5 Å². The van der Waals surface area contributed by atoms with E-state index < -0.39 is 0 Å². The van der Waals surface area contributed by atoms with Crippen molar-refractivity contribution in [3.8, 4) is 5.75 Å². The predicted molar refractivity (Wildman–Crippen MR) is 144 cm³/mol. The van der Waals surface area contributed by atoms with Crippen LogP contribution in [0.4, 0.5) is 14.5 Å². The van der Waals surface area contributed by atoms with Crippen molar-refractivity contribution < 1.29 is 18.7 Å². The highest BCUT2D eigenvalue weighted by Gasteiger charge is 2.34. The van der Waals surface area contributed by atoms with Gasteiger partial charge in [-0.25, -0.2) is 8.78 Å². The van der Waals surface area contributed by atoms with Crippen LogP contribution in [0.2, 0.25) is 0 Å². The van der Waals surface area contributed by atoms with Gasteiger partial charge in [0.25, 0.3) is 0 Å². The van der Waals surface area contributed by atoms with E-state index in [0.29, 0.717) is 12.0 Å². The van der Waals surface area contributed by atoms with Gasteiger partial charge in [-0.15, -0.1) is 0 Å². The standard InChI is InChI=1S/C20H22FNO.C9H9FO.C2H6/c1-2-3-4-5-18-14-20(15-6-12-19(23)13-7-15)22(18)17-10-8-16(21)9-11-17;1-2-9(11)7-3-5-8(10)6-4-7;1-2/h5-13,20,23H,2-4,14H2,1H3;3-6H,2H2,1H3;1-2H3/b18-5+;;. The SMILES string of the molecule is CC.CCC(=O)c1ccc(F)cc1.CCCC/C=C1\CC(c2ccc(O)cc2)N1c1ccc(F)cc1. The number of carbonyl (C=O) groups is 1. The number of ketones is 1. The quantitative estimate of drug-likeness (QED) is 0.264. The average Bonchev–Trinajstić information content (AvgIpc) is 2.89. The van der Waals surface area contributed by atoms with Crippen molar-refractivity contribution >= 4 is 11.5 Å². The molecular weight excluding hydrogens is 456 g/mol. The molecule has 1 unspecified atom stereocenters. The Kier molecular flexibility index (Phi) is 11.8. The summed E-state index contributed by atoms with van der Waals surface area (Å²) in [4.78, 5) is 13.3. The molecule has 3 aromatic rings. The van der Waals surface area contributed by atoms with Crippen molar-refractivity contribution in [1.82, 2.24) is 0 Å². The van der Waals surface area contributed by atoms with E-state index in [2.05, 4.69) is 17.9 Å². The first-order valence-corrected chi connectivity index (χ1v) is 12.7. The fraction of sp³-hybridized carbons (Fsp3) is 0.323. The molecule has 0 aromatic heterocycles. The van der Waals surface area contributed by atoms with E-state index in [1.165, 1.54) is 60.5 Å². The fourth-order valence-electron chi connectivity index (χ4n) is 3.88. The summed E-state index contributed by atoms with van der Waals surface area (Å²) in [7, 11) is 0. The zero-order chi connectivity index (χ0) is 26.5. The zero-order valence-electron chi connectivity index (χ0n) is 21.7. The third-order valence-electron chi connectivity index (χ3n) is 5.83. The number of rotatable bonds is 7. The number of phenols is 1. The van der Waals surface area contributed by atoms with Gasteiger partial charge in [0.15, 0.2) is 5.78 Å². The molecule has 4 rings (SSSR count). The number of Topliss-reactive ketones (excluding diaryl/α,β-unsaturated/α-hetero) is 1. The second-order valence-corrected chi connectivity index (χ2v) is 8.28. The lowest BCUT2D eigenvalue weighted by Crippen LogP contribution is -2.38. The molecule has 3 nitrogen and oxygen atoms in total. The summed E-state index contributed by atoms with van der Waals surface area (Å²) in [6, 6.07) is 19.9. The maximum Gasteiger partial charge on any atom is 0.162 e. The summed E-state index contributed by atoms with van der Waals surface area (Å²) in [5, 5.41) is 9.47. The third-order valence-corrected chi connectivity index (χ3v) is 5.83. The lowest BCUT2D eigenvalue weighted by Gasteiger charge is -2.46. The molecule has 0 radical (unpaired) electrons. The molecule has 3 aromatic carbocycles. The normalized spacial score (nSPS) is 15.2. The number of allylic oxidation sites excluding steroid dienone is 1. The lowest BCUT2D eigenvalue weighted by molar-refractivity contribution is 0.0988. The van der Waals surface area contributed by atoms with Gasteiger partial charge in [-0.3, -0.25) is 4.79 Å². The fourth-order valence-corrected chi connectivity index (χ4v) is 3.88. The van der Waals surface area contributed by atoms with E-state index >= 15 is 0 Å². The number of hydrogen-bond acceptors (Lipinski definition) is 3. The van der Waals surface area contributed by atoms with Crippen LogP contribution in [0.5, 0.6) is 5.75 Å². The Morgan fingerprint density at radius 3 is 2.00 bits per heavy atom. The van der Waals surface area contributed by atoms with Gasteiger partial charge >= 0.3 is 0 Å². The Labute approximate surface area is 214 Å². The molecule has 1 heterocycles. The smallest absolute Gasteiger partial charge is 0.162 e. The van der Waals surface area contributed by atoms with Gasteiger partial charge in [0.2, 0.25) is 0 Å². The summed E-state index contributed by atoms with van der Waals surface area (Å²) in [5.74, 6) is -0.199. The Morgan fingerprint density at radius 2 is 1.47 bits per heavy atom. The Hall–Kier alpha value is -3.47. The van der Waals surface area contributed by atoms with Crippen LogP contribution in [-0.4, -0.2) is 10.9 Å². The average molecular weight is 494 g/mol. The van der Waals surface area contributed by atoms with Crippen molar-refractivity contribution in [1.29, 1.82) is 0 Å². The molecule has 0 amide bonds. The molecule has 36 heavy (non-hydrogen) atoms. The molecule has 1 aliphatic heterocycles. The van der Waals surface area contributed by atoms with E-state index in [1.807, 2.05) is 38.1 Å². The minimum absolute atomic E-state index is 0.0463. The molecule has 0 bridgehead atoms. The zero-order valence-corrected chi connectivity index (χ0v) is 21.7. The maximum atomic E-state index is 13.2. The van der Waals surface area contributed by atoms with Crippen LogP contribution < -0.4 is 4.90 Å². The van der Waals surface area contributed by atoms with E-state index in [1.54, 1.807) is 19.1 Å². The van der Waals surface area contributed by atoms with Gasteiger partial charge in [0.05, 0.1) is 6.04 Å². The Morgan fingerprint density at radius 1 is 0.917 bits per heavy atom. The van der Waals surface area contributed by atoms with E-state index in [9.17, 15) is 18.7 Å². The summed E-state index contributed by atoms with van der Waals surface area (Å²) >= 11 is 0. The highest BCUT2D eigenvalue weighted by molar-refractivity contribution is 5.95. The molecule has 1 atom stereocenters. The second kappa shape index (κ2) is 14.8. The van der Waals surface area contributed by atoms with Gasteiger partial charge in [0.1, 0.15) is 17.4 Å². The van der Waals surface area contributed by atoms with Gasteiger partial charge in [0, 0.05) is 29.8 Å². The van der Waals surface area contributed by atoms with Crippen molar-refractivity contribution in [2.45, 2.75) is 65.8 Å². The predicted octanol–water partition coefficient (Wildman–Crippen LogP) is 9.00. The monoisotopic (exact) mass is 493 g/mol. The summed E-state index contributed by atoms with van der Waals surface area (Å²) < 4.78 is 25.6. The maximum absolute atomic E-state index is 13.2. The van der Waals surface area contributed by atoms with Gasteiger partial charge in [-0.05, 0) is 72.6 Å². The summed E-state index contributed by atoms with van der Waals surface area (Å²) in [6.07, 6.45) is 7.18. The molecule has 1 fully saturated rings. The van der Waals surface area contributed by atoms with Crippen LogP contribution in [0, 0.1) is 11.6 Å². The van der Waals surface area contributed by atoms with Crippen LogP contribution >= 0.6 is 0 Å². The Balaban J connectivity index is 0.000000295. The molecular formula is C31H37F2NO2. The number of benzene rings is 3. The minimum atomic E-state index is -0.308. The van der Waals surface area contributed by atoms with Crippen LogP contribution in [0.25, 0.3) is 0 Å².